The van der Waals surface area contributed by atoms with Crippen LogP contribution < -0.4 is 0 Å². The van der Waals surface area contributed by atoms with Gasteiger partial charge in [-0.25, -0.2) is 0 Å². The summed E-state index contributed by atoms with van der Waals surface area (Å²) in [6.45, 7) is 6.19. The summed E-state index contributed by atoms with van der Waals surface area (Å²) in [6.07, 6.45) is -16.3. The lowest BCUT2D eigenvalue weighted by Crippen LogP contribution is -2.67. The molecule has 0 aliphatic carbocycles. The van der Waals surface area contributed by atoms with Gasteiger partial charge in [0.2, 0.25) is 0 Å². The van der Waals surface area contributed by atoms with Crippen LogP contribution in [0.4, 0.5) is 0 Å². The van der Waals surface area contributed by atoms with Crippen molar-refractivity contribution in [2.75, 3.05) is 13.2 Å². The molecule has 18 heteroatoms. The van der Waals surface area contributed by atoms with E-state index in [1.54, 1.807) is 0 Å². The van der Waals surface area contributed by atoms with Gasteiger partial charge in [0.05, 0.1) is 0 Å². The molecule has 1 N–H and O–H groups in total. The molecule has 2 rings (SSSR count). The Balaban J connectivity index is 2.59. The number of esters is 7. The molecular formula is C26H36O18. The third kappa shape index (κ3) is 10.7. The molecule has 248 valence electrons. The number of hydrogen-bond donors (Lipinski definition) is 1. The molecule has 0 spiro atoms. The van der Waals surface area contributed by atoms with Crippen molar-refractivity contribution in [2.45, 2.75) is 110 Å². The lowest BCUT2D eigenvalue weighted by Gasteiger charge is -2.47. The van der Waals surface area contributed by atoms with Crippen LogP contribution in [0.5, 0.6) is 0 Å². The first kappa shape index (κ1) is 36.3. The lowest BCUT2D eigenvalue weighted by atomic mass is 9.96. The maximum absolute atomic E-state index is 12.1. The van der Waals surface area contributed by atoms with E-state index in [1.165, 1.54) is 0 Å². The topological polar surface area (TPSA) is 232 Å². The van der Waals surface area contributed by atoms with Gasteiger partial charge in [-0.2, -0.15) is 0 Å². The third-order valence-corrected chi connectivity index (χ3v) is 5.90. The Morgan fingerprint density at radius 1 is 0.477 bits per heavy atom. The van der Waals surface area contributed by atoms with Crippen LogP contribution in [0.3, 0.4) is 0 Å². The number of aliphatic hydroxyl groups is 1. The van der Waals surface area contributed by atoms with E-state index in [2.05, 4.69) is 0 Å². The van der Waals surface area contributed by atoms with Crippen molar-refractivity contribution in [3.8, 4) is 0 Å². The standard InChI is InChI=1S/C26H36O18/c1-10(27)35-8-17-19(37-12(3)29)21(39-14(5)31)23(25(34)42-17)44-26-24(41-16(7)33)22(40-15(6)32)20(38-13(4)30)18(43-26)9-36-11(2)28/h17-26,34H,8-9H2,1-7H3/t17-,18-,19-,20-,21+,22+,23-,24-,25?,26+/m1/s1. The number of rotatable bonds is 11. The number of carbonyl (C=O) groups is 7. The average Bonchev–Trinajstić information content (AvgIpc) is 2.87. The van der Waals surface area contributed by atoms with Gasteiger partial charge >= 0.3 is 41.8 Å². The molecule has 2 fully saturated rings. The molecule has 2 saturated heterocycles. The first-order valence-corrected chi connectivity index (χ1v) is 13.3. The number of ether oxygens (including phenoxy) is 10. The first-order chi connectivity index (χ1) is 20.5. The number of carbonyl (C=O) groups excluding carboxylic acids is 7. The Bertz CT molecular complexity index is 1090. The summed E-state index contributed by atoms with van der Waals surface area (Å²) in [6, 6.07) is 0. The van der Waals surface area contributed by atoms with E-state index in [0.29, 0.717) is 0 Å². The highest BCUT2D eigenvalue weighted by atomic mass is 16.8. The molecule has 2 heterocycles. The minimum absolute atomic E-state index is 0.534. The molecule has 0 aromatic rings. The van der Waals surface area contributed by atoms with E-state index in [9.17, 15) is 38.7 Å². The maximum atomic E-state index is 12.1. The number of aliphatic hydroxyl groups excluding tert-OH is 1. The molecule has 0 radical (unpaired) electrons. The molecule has 0 amide bonds. The Morgan fingerprint density at radius 2 is 0.818 bits per heavy atom. The van der Waals surface area contributed by atoms with Crippen molar-refractivity contribution < 1.29 is 86.0 Å². The smallest absolute Gasteiger partial charge is 0.303 e. The van der Waals surface area contributed by atoms with Crippen LogP contribution in [0.1, 0.15) is 48.5 Å². The van der Waals surface area contributed by atoms with Crippen LogP contribution in [0, 0.1) is 0 Å². The van der Waals surface area contributed by atoms with Crippen molar-refractivity contribution in [3.63, 3.8) is 0 Å². The zero-order chi connectivity index (χ0) is 33.3. The van der Waals surface area contributed by atoms with Gasteiger partial charge < -0.3 is 52.5 Å². The number of hydrogen-bond acceptors (Lipinski definition) is 18. The van der Waals surface area contributed by atoms with E-state index in [1.807, 2.05) is 0 Å². The fourth-order valence-electron chi connectivity index (χ4n) is 4.49. The van der Waals surface area contributed by atoms with Crippen LogP contribution in [-0.4, -0.2) is 122 Å². The summed E-state index contributed by atoms with van der Waals surface area (Å²) >= 11 is 0. The molecule has 0 aromatic heterocycles. The summed E-state index contributed by atoms with van der Waals surface area (Å²) in [5.41, 5.74) is 0. The molecule has 2 aliphatic heterocycles. The van der Waals surface area contributed by atoms with Crippen molar-refractivity contribution in [1.29, 1.82) is 0 Å². The third-order valence-electron chi connectivity index (χ3n) is 5.90. The van der Waals surface area contributed by atoms with E-state index in [0.717, 1.165) is 48.5 Å². The second-order valence-corrected chi connectivity index (χ2v) is 9.68. The van der Waals surface area contributed by atoms with Crippen LogP contribution in [-0.2, 0) is 80.9 Å². The van der Waals surface area contributed by atoms with E-state index < -0.39 is 116 Å². The van der Waals surface area contributed by atoms with Gasteiger partial charge in [-0.3, -0.25) is 33.6 Å². The first-order valence-electron chi connectivity index (χ1n) is 13.3. The minimum Gasteiger partial charge on any atom is -0.463 e. The normalized spacial score (nSPS) is 31.5. The zero-order valence-electron chi connectivity index (χ0n) is 25.1. The highest BCUT2D eigenvalue weighted by molar-refractivity contribution is 5.69. The Kier molecular flexibility index (Phi) is 13.4. The zero-order valence-corrected chi connectivity index (χ0v) is 25.1. The summed E-state index contributed by atoms with van der Waals surface area (Å²) in [7, 11) is 0. The Hall–Kier alpha value is -3.87. The Labute approximate surface area is 251 Å². The Morgan fingerprint density at radius 3 is 1.20 bits per heavy atom. The summed E-state index contributed by atoms with van der Waals surface area (Å²) in [4.78, 5) is 83.3. The lowest BCUT2D eigenvalue weighted by molar-refractivity contribution is -0.363. The molecule has 2 aliphatic rings. The fraction of sp³-hybridized carbons (Fsp3) is 0.731. The van der Waals surface area contributed by atoms with Crippen molar-refractivity contribution in [2.24, 2.45) is 0 Å². The molecule has 44 heavy (non-hydrogen) atoms. The predicted octanol–water partition coefficient (Wildman–Crippen LogP) is -1.40. The molecule has 0 saturated carbocycles. The highest BCUT2D eigenvalue weighted by Crippen LogP contribution is 2.34. The van der Waals surface area contributed by atoms with Gasteiger partial charge in [0.15, 0.2) is 49.2 Å². The van der Waals surface area contributed by atoms with Crippen LogP contribution in [0.25, 0.3) is 0 Å². The van der Waals surface area contributed by atoms with Gasteiger partial charge in [0.25, 0.3) is 0 Å². The molecule has 10 atom stereocenters. The van der Waals surface area contributed by atoms with Crippen LogP contribution in [0.15, 0.2) is 0 Å². The minimum atomic E-state index is -1.99. The van der Waals surface area contributed by atoms with Gasteiger partial charge in [-0.1, -0.05) is 0 Å². The van der Waals surface area contributed by atoms with Crippen molar-refractivity contribution in [1.82, 2.24) is 0 Å². The fourth-order valence-corrected chi connectivity index (χ4v) is 4.49. The molecule has 18 nitrogen and oxygen atoms in total. The summed E-state index contributed by atoms with van der Waals surface area (Å²) in [5.74, 6) is -5.97. The van der Waals surface area contributed by atoms with Crippen molar-refractivity contribution in [3.05, 3.63) is 0 Å². The maximum Gasteiger partial charge on any atom is 0.303 e. The van der Waals surface area contributed by atoms with E-state index >= 15 is 0 Å². The van der Waals surface area contributed by atoms with Crippen LogP contribution >= 0.6 is 0 Å². The quantitative estimate of drug-likeness (QED) is 0.203. The highest BCUT2D eigenvalue weighted by Gasteiger charge is 2.57. The second kappa shape index (κ2) is 16.3. The second-order valence-electron chi connectivity index (χ2n) is 9.68. The van der Waals surface area contributed by atoms with E-state index in [4.69, 9.17) is 47.4 Å². The van der Waals surface area contributed by atoms with Crippen molar-refractivity contribution >= 4 is 41.8 Å². The van der Waals surface area contributed by atoms with Gasteiger partial charge in [0, 0.05) is 48.5 Å². The molecule has 1 unspecified atom stereocenters. The molecule has 0 aromatic carbocycles. The molecule has 0 bridgehead atoms. The van der Waals surface area contributed by atoms with Crippen LogP contribution in [0.2, 0.25) is 0 Å². The average molecular weight is 637 g/mol. The monoisotopic (exact) mass is 636 g/mol. The largest absolute Gasteiger partial charge is 0.463 e. The SMILES string of the molecule is CC(=O)OC[C@H]1O[C@@H](O[C@H]2C(O)O[C@H](COC(C)=O)[C@@H](OC(C)=O)[C@@H]2OC(C)=O)[C@H](OC(C)=O)[C@@H](OC(C)=O)[C@@H]1OC(C)=O. The van der Waals surface area contributed by atoms with Gasteiger partial charge in [0.1, 0.15) is 25.4 Å². The van der Waals surface area contributed by atoms with E-state index in [-0.39, 0.29) is 0 Å². The van der Waals surface area contributed by atoms with Gasteiger partial charge in [-0.05, 0) is 0 Å². The molecular weight excluding hydrogens is 600 g/mol. The summed E-state index contributed by atoms with van der Waals surface area (Å²) in [5, 5.41) is 11.0. The summed E-state index contributed by atoms with van der Waals surface area (Å²) < 4.78 is 53.9. The predicted molar refractivity (Wildman–Crippen MR) is 135 cm³/mol. The van der Waals surface area contributed by atoms with Gasteiger partial charge in [-0.15, -0.1) is 0 Å².